The normalized spacial score (nSPS) is 25.9. The van der Waals surface area contributed by atoms with E-state index in [2.05, 4.69) is 6.07 Å². The van der Waals surface area contributed by atoms with E-state index in [1.807, 2.05) is 31.2 Å². The van der Waals surface area contributed by atoms with Crippen LogP contribution in [0.25, 0.3) is 0 Å². The molecule has 0 heterocycles. The summed E-state index contributed by atoms with van der Waals surface area (Å²) in [5.41, 5.74) is 0.915. The Bertz CT molecular complexity index is 869. The van der Waals surface area contributed by atoms with Gasteiger partial charge in [0, 0.05) is 13.0 Å². The molecule has 124 valence electrons. The molecule has 1 fully saturated rings. The van der Waals surface area contributed by atoms with Crippen molar-refractivity contribution in [1.82, 2.24) is 0 Å². The minimum atomic E-state index is -3.62. The summed E-state index contributed by atoms with van der Waals surface area (Å²) >= 11 is 0. The van der Waals surface area contributed by atoms with Crippen LogP contribution >= 0.6 is 0 Å². The van der Waals surface area contributed by atoms with Gasteiger partial charge in [-0.15, -0.1) is 0 Å². The van der Waals surface area contributed by atoms with E-state index in [1.54, 1.807) is 30.3 Å². The smallest absolute Gasteiger partial charge is 0.183 e. The summed E-state index contributed by atoms with van der Waals surface area (Å²) in [7, 11) is -2.12. The van der Waals surface area contributed by atoms with Gasteiger partial charge in [0.15, 0.2) is 9.84 Å². The van der Waals surface area contributed by atoms with Crippen molar-refractivity contribution in [3.63, 3.8) is 0 Å². The molecule has 0 aliphatic heterocycles. The van der Waals surface area contributed by atoms with Gasteiger partial charge in [0.05, 0.1) is 22.8 Å². The Labute approximate surface area is 142 Å². The Morgan fingerprint density at radius 1 is 1.12 bits per heavy atom. The minimum Gasteiger partial charge on any atom is -0.383 e. The first kappa shape index (κ1) is 16.7. The maximum absolute atomic E-state index is 13.1. The van der Waals surface area contributed by atoms with Gasteiger partial charge >= 0.3 is 0 Å². The van der Waals surface area contributed by atoms with Gasteiger partial charge in [0.25, 0.3) is 0 Å². The molecule has 2 aromatic carbocycles. The third-order valence-electron chi connectivity index (χ3n) is 4.69. The van der Waals surface area contributed by atoms with Gasteiger partial charge in [-0.05, 0) is 24.6 Å². The molecule has 5 heteroatoms. The van der Waals surface area contributed by atoms with Gasteiger partial charge < -0.3 is 4.74 Å². The molecular weight excluding hydrogens is 322 g/mol. The van der Waals surface area contributed by atoms with Crippen LogP contribution in [0, 0.1) is 23.7 Å². The van der Waals surface area contributed by atoms with Gasteiger partial charge in [-0.2, -0.15) is 5.26 Å². The van der Waals surface area contributed by atoms with E-state index in [-0.39, 0.29) is 17.4 Å². The van der Waals surface area contributed by atoms with E-state index < -0.39 is 20.5 Å². The van der Waals surface area contributed by atoms with Crippen molar-refractivity contribution in [1.29, 1.82) is 5.26 Å². The molecular formula is C19H19NO3S. The zero-order valence-corrected chi connectivity index (χ0v) is 14.5. The highest BCUT2D eigenvalue weighted by atomic mass is 32.2. The topological polar surface area (TPSA) is 67.2 Å². The Morgan fingerprint density at radius 2 is 1.75 bits per heavy atom. The van der Waals surface area contributed by atoms with E-state index in [4.69, 9.17) is 4.74 Å². The van der Waals surface area contributed by atoms with Crippen LogP contribution in [0.1, 0.15) is 17.0 Å². The van der Waals surface area contributed by atoms with Gasteiger partial charge in [0.1, 0.15) is 5.41 Å². The quantitative estimate of drug-likeness (QED) is 0.838. The number of ether oxygens (including phenoxy) is 1. The molecule has 0 radical (unpaired) electrons. The van der Waals surface area contributed by atoms with Crippen molar-refractivity contribution in [2.75, 3.05) is 13.7 Å². The lowest BCUT2D eigenvalue weighted by Gasteiger charge is -2.08. The van der Waals surface area contributed by atoms with Gasteiger partial charge in [-0.3, -0.25) is 0 Å². The van der Waals surface area contributed by atoms with Crippen LogP contribution in [0.3, 0.4) is 0 Å². The second kappa shape index (κ2) is 6.04. The maximum Gasteiger partial charge on any atom is 0.183 e. The molecule has 0 aromatic heterocycles. The number of rotatable bonds is 5. The number of hydrogen-bond donors (Lipinski definition) is 0. The lowest BCUT2D eigenvalue weighted by Crippen LogP contribution is -2.19. The fourth-order valence-electron chi connectivity index (χ4n) is 3.44. The van der Waals surface area contributed by atoms with Crippen LogP contribution < -0.4 is 0 Å². The second-order valence-corrected chi connectivity index (χ2v) is 8.32. The molecule has 0 saturated heterocycles. The number of nitriles is 1. The lowest BCUT2D eigenvalue weighted by molar-refractivity contribution is 0.162. The molecule has 0 amide bonds. The standard InChI is InChI=1S/C19H19NO3S/c1-14-8-10-15(11-9-14)17-18(19(17,12-20)13-23-2)24(21,22)16-6-4-3-5-7-16/h3-11,17-18H,13H2,1-2H3/t17-,18+,19+/m1/s1. The zero-order valence-electron chi connectivity index (χ0n) is 13.6. The summed E-state index contributed by atoms with van der Waals surface area (Å²) in [6.07, 6.45) is 0. The average molecular weight is 341 g/mol. The van der Waals surface area contributed by atoms with Crippen LogP contribution in [-0.4, -0.2) is 27.4 Å². The predicted molar refractivity (Wildman–Crippen MR) is 91.3 cm³/mol. The van der Waals surface area contributed by atoms with Crippen molar-refractivity contribution in [3.05, 3.63) is 65.7 Å². The van der Waals surface area contributed by atoms with Crippen molar-refractivity contribution < 1.29 is 13.2 Å². The van der Waals surface area contributed by atoms with Crippen molar-refractivity contribution in [2.45, 2.75) is 23.0 Å². The summed E-state index contributed by atoms with van der Waals surface area (Å²) < 4.78 is 31.4. The highest BCUT2D eigenvalue weighted by Crippen LogP contribution is 2.63. The lowest BCUT2D eigenvalue weighted by atomic mass is 10.0. The van der Waals surface area contributed by atoms with Gasteiger partial charge in [-0.25, -0.2) is 8.42 Å². The third-order valence-corrected chi connectivity index (χ3v) is 6.98. The number of methoxy groups -OCH3 is 1. The summed E-state index contributed by atoms with van der Waals surface area (Å²) in [6, 6.07) is 18.2. The summed E-state index contributed by atoms with van der Waals surface area (Å²) in [4.78, 5) is 0.250. The van der Waals surface area contributed by atoms with E-state index in [9.17, 15) is 13.7 Å². The minimum absolute atomic E-state index is 0.0960. The van der Waals surface area contributed by atoms with E-state index in [0.29, 0.717) is 0 Å². The second-order valence-electron chi connectivity index (χ2n) is 6.25. The predicted octanol–water partition coefficient (Wildman–Crippen LogP) is 3.09. The number of hydrogen-bond acceptors (Lipinski definition) is 4. The summed E-state index contributed by atoms with van der Waals surface area (Å²) in [5.74, 6) is -0.381. The number of aryl methyl sites for hydroxylation is 1. The van der Waals surface area contributed by atoms with Crippen LogP contribution in [-0.2, 0) is 14.6 Å². The van der Waals surface area contributed by atoms with Crippen LogP contribution in [0.5, 0.6) is 0 Å². The summed E-state index contributed by atoms with van der Waals surface area (Å²) in [5, 5.41) is 8.97. The number of sulfone groups is 1. The van der Waals surface area contributed by atoms with E-state index in [1.165, 1.54) is 7.11 Å². The first-order valence-electron chi connectivity index (χ1n) is 7.73. The molecule has 1 saturated carbocycles. The largest absolute Gasteiger partial charge is 0.383 e. The first-order valence-corrected chi connectivity index (χ1v) is 9.27. The van der Waals surface area contributed by atoms with Gasteiger partial charge in [0.2, 0.25) is 0 Å². The SMILES string of the molecule is COC[C@@]1(C#N)[C@H](c2ccc(C)cc2)[C@@H]1S(=O)(=O)c1ccccc1. The molecule has 1 aliphatic rings. The van der Waals surface area contributed by atoms with E-state index in [0.717, 1.165) is 11.1 Å². The highest BCUT2D eigenvalue weighted by molar-refractivity contribution is 7.92. The Morgan fingerprint density at radius 3 is 2.29 bits per heavy atom. The Balaban J connectivity index is 2.08. The fourth-order valence-corrected chi connectivity index (χ4v) is 5.77. The van der Waals surface area contributed by atoms with Gasteiger partial charge in [-0.1, -0.05) is 48.0 Å². The fraction of sp³-hybridized carbons (Fsp3) is 0.316. The number of benzene rings is 2. The highest BCUT2D eigenvalue weighted by Gasteiger charge is 2.72. The monoisotopic (exact) mass is 341 g/mol. The maximum atomic E-state index is 13.1. The molecule has 0 bridgehead atoms. The van der Waals surface area contributed by atoms with Crippen molar-refractivity contribution in [3.8, 4) is 6.07 Å². The van der Waals surface area contributed by atoms with Crippen LogP contribution in [0.2, 0.25) is 0 Å². The van der Waals surface area contributed by atoms with Crippen LogP contribution in [0.4, 0.5) is 0 Å². The molecule has 0 spiro atoms. The van der Waals surface area contributed by atoms with E-state index >= 15 is 0 Å². The molecule has 3 rings (SSSR count). The Kier molecular flexibility index (Phi) is 4.20. The zero-order chi connectivity index (χ0) is 17.4. The Hall–Kier alpha value is -2.16. The van der Waals surface area contributed by atoms with Crippen molar-refractivity contribution in [2.24, 2.45) is 5.41 Å². The third kappa shape index (κ3) is 2.52. The molecule has 24 heavy (non-hydrogen) atoms. The van der Waals surface area contributed by atoms with Crippen molar-refractivity contribution >= 4 is 9.84 Å². The molecule has 1 aliphatic carbocycles. The molecule has 3 atom stereocenters. The molecule has 0 unspecified atom stereocenters. The average Bonchev–Trinajstić information content (AvgIpc) is 3.26. The van der Waals surface area contributed by atoms with Crippen LogP contribution in [0.15, 0.2) is 59.5 Å². The molecule has 4 nitrogen and oxygen atoms in total. The summed E-state index contributed by atoms with van der Waals surface area (Å²) in [6.45, 7) is 2.07. The molecule has 0 N–H and O–H groups in total. The first-order chi connectivity index (χ1) is 11.5. The molecule has 2 aromatic rings. The number of nitrogens with zero attached hydrogens (tertiary/aromatic N) is 1.